The molecule has 12 heavy (non-hydrogen) atoms. The molecular formula is C10H16O2. The summed E-state index contributed by atoms with van der Waals surface area (Å²) in [6.07, 6.45) is 5.41. The molecule has 0 radical (unpaired) electrons. The first-order valence-corrected chi connectivity index (χ1v) is 4.95. The molecule has 0 amide bonds. The molecule has 0 saturated heterocycles. The predicted octanol–water partition coefficient (Wildman–Crippen LogP) is 1.52. The maximum absolute atomic E-state index is 11.1. The van der Waals surface area contributed by atoms with Crippen LogP contribution in [0.1, 0.15) is 38.5 Å². The van der Waals surface area contributed by atoms with Crippen molar-refractivity contribution in [3.8, 4) is 0 Å². The molecule has 2 rings (SSSR count). The molecule has 68 valence electrons. The zero-order chi connectivity index (χ0) is 8.55. The summed E-state index contributed by atoms with van der Waals surface area (Å²) in [4.78, 5) is 11.1. The van der Waals surface area contributed by atoms with Gasteiger partial charge in [0.1, 0.15) is 5.78 Å². The van der Waals surface area contributed by atoms with Crippen LogP contribution in [-0.4, -0.2) is 17.0 Å². The summed E-state index contributed by atoms with van der Waals surface area (Å²) in [5.41, 5.74) is 0. The van der Waals surface area contributed by atoms with Crippen molar-refractivity contribution in [3.63, 3.8) is 0 Å². The summed E-state index contributed by atoms with van der Waals surface area (Å²) in [7, 11) is 0. The predicted molar refractivity (Wildman–Crippen MR) is 45.7 cm³/mol. The Kier molecular flexibility index (Phi) is 2.18. The topological polar surface area (TPSA) is 37.3 Å². The summed E-state index contributed by atoms with van der Waals surface area (Å²) in [6, 6.07) is 0. The highest BCUT2D eigenvalue weighted by molar-refractivity contribution is 5.79. The first kappa shape index (κ1) is 8.24. The molecule has 0 aromatic heterocycles. The molecule has 1 N–H and O–H groups in total. The van der Waals surface area contributed by atoms with Crippen LogP contribution >= 0.6 is 0 Å². The molecule has 2 aliphatic carbocycles. The quantitative estimate of drug-likeness (QED) is 0.595. The fourth-order valence-corrected chi connectivity index (χ4v) is 2.67. The van der Waals surface area contributed by atoms with Crippen molar-refractivity contribution < 1.29 is 9.90 Å². The number of carbonyl (C=O) groups excluding carboxylic acids is 1. The van der Waals surface area contributed by atoms with Gasteiger partial charge in [0.05, 0.1) is 6.10 Å². The Balaban J connectivity index is 1.98. The second-order valence-electron chi connectivity index (χ2n) is 4.27. The molecule has 0 aromatic carbocycles. The first-order chi connectivity index (χ1) is 5.75. The highest BCUT2D eigenvalue weighted by Gasteiger charge is 2.33. The third kappa shape index (κ3) is 1.53. The largest absolute Gasteiger partial charge is 0.393 e. The van der Waals surface area contributed by atoms with Crippen LogP contribution in [0, 0.1) is 11.8 Å². The standard InChI is InChI=1S/C10H16O2/c11-9-3-1-7-5-10(12)4-2-8(7)6-9/h7-9,11H,1-6H2. The lowest BCUT2D eigenvalue weighted by Gasteiger charge is -2.36. The SMILES string of the molecule is O=C1CCC2CC(O)CCC2C1. The van der Waals surface area contributed by atoms with Crippen LogP contribution in [0.25, 0.3) is 0 Å². The minimum absolute atomic E-state index is 0.0838. The lowest BCUT2D eigenvalue weighted by molar-refractivity contribution is -0.124. The van der Waals surface area contributed by atoms with E-state index in [0.29, 0.717) is 17.6 Å². The number of ketones is 1. The molecule has 2 saturated carbocycles. The number of rotatable bonds is 0. The summed E-state index contributed by atoms with van der Waals surface area (Å²) in [6.45, 7) is 0. The second kappa shape index (κ2) is 3.17. The molecule has 3 atom stereocenters. The Bertz CT molecular complexity index is 188. The second-order valence-corrected chi connectivity index (χ2v) is 4.27. The van der Waals surface area contributed by atoms with E-state index in [4.69, 9.17) is 0 Å². The summed E-state index contributed by atoms with van der Waals surface area (Å²) in [5.74, 6) is 1.69. The van der Waals surface area contributed by atoms with Gasteiger partial charge in [0.2, 0.25) is 0 Å². The number of fused-ring (bicyclic) bond motifs is 1. The van der Waals surface area contributed by atoms with Gasteiger partial charge in [-0.2, -0.15) is 0 Å². The van der Waals surface area contributed by atoms with Gasteiger partial charge in [-0.15, -0.1) is 0 Å². The summed E-state index contributed by atoms with van der Waals surface area (Å²) < 4.78 is 0. The Morgan fingerprint density at radius 3 is 2.83 bits per heavy atom. The van der Waals surface area contributed by atoms with Crippen molar-refractivity contribution in [3.05, 3.63) is 0 Å². The van der Waals surface area contributed by atoms with Gasteiger partial charge in [-0.1, -0.05) is 0 Å². The number of aliphatic hydroxyl groups is 1. The van der Waals surface area contributed by atoms with Crippen molar-refractivity contribution in [1.29, 1.82) is 0 Å². The zero-order valence-electron chi connectivity index (χ0n) is 7.33. The van der Waals surface area contributed by atoms with E-state index < -0.39 is 0 Å². The fraction of sp³-hybridized carbons (Fsp3) is 0.900. The molecule has 0 aliphatic heterocycles. The third-order valence-corrected chi connectivity index (χ3v) is 3.40. The number of hydrogen-bond donors (Lipinski definition) is 1. The first-order valence-electron chi connectivity index (χ1n) is 4.95. The Hall–Kier alpha value is -0.370. The van der Waals surface area contributed by atoms with Crippen LogP contribution in [0.15, 0.2) is 0 Å². The Morgan fingerprint density at radius 2 is 2.00 bits per heavy atom. The highest BCUT2D eigenvalue weighted by atomic mass is 16.3. The van der Waals surface area contributed by atoms with E-state index in [-0.39, 0.29) is 6.10 Å². The minimum Gasteiger partial charge on any atom is -0.393 e. The van der Waals surface area contributed by atoms with E-state index in [9.17, 15) is 9.90 Å². The molecule has 0 heterocycles. The van der Waals surface area contributed by atoms with Crippen molar-refractivity contribution in [2.24, 2.45) is 11.8 Å². The van der Waals surface area contributed by atoms with Crippen LogP contribution in [0.2, 0.25) is 0 Å². The van der Waals surface area contributed by atoms with E-state index in [1.807, 2.05) is 0 Å². The van der Waals surface area contributed by atoms with Crippen molar-refractivity contribution >= 4 is 5.78 Å². The van der Waals surface area contributed by atoms with Crippen LogP contribution in [0.5, 0.6) is 0 Å². The van der Waals surface area contributed by atoms with Gasteiger partial charge in [-0.05, 0) is 37.5 Å². The number of aliphatic hydroxyl groups excluding tert-OH is 1. The average molecular weight is 168 g/mol. The molecule has 0 aromatic rings. The van der Waals surface area contributed by atoms with Gasteiger partial charge in [0.25, 0.3) is 0 Å². The van der Waals surface area contributed by atoms with Gasteiger partial charge >= 0.3 is 0 Å². The molecular weight excluding hydrogens is 152 g/mol. The normalized spacial score (nSPS) is 42.4. The van der Waals surface area contributed by atoms with Gasteiger partial charge in [-0.25, -0.2) is 0 Å². The van der Waals surface area contributed by atoms with Gasteiger partial charge < -0.3 is 5.11 Å². The average Bonchev–Trinajstić information content (AvgIpc) is 2.05. The molecule has 2 heteroatoms. The third-order valence-electron chi connectivity index (χ3n) is 3.40. The van der Waals surface area contributed by atoms with Crippen molar-refractivity contribution in [2.45, 2.75) is 44.6 Å². The van der Waals surface area contributed by atoms with E-state index in [2.05, 4.69) is 0 Å². The maximum atomic E-state index is 11.1. The lowest BCUT2D eigenvalue weighted by Crippen LogP contribution is -2.33. The van der Waals surface area contributed by atoms with Crippen LogP contribution < -0.4 is 0 Å². The summed E-state index contributed by atoms with van der Waals surface area (Å²) >= 11 is 0. The molecule has 0 bridgehead atoms. The number of carbonyl (C=O) groups is 1. The van der Waals surface area contributed by atoms with Gasteiger partial charge in [-0.3, -0.25) is 4.79 Å². The number of Topliss-reactive ketones (excluding diaryl/α,β-unsaturated/α-hetero) is 1. The molecule has 2 nitrogen and oxygen atoms in total. The zero-order valence-corrected chi connectivity index (χ0v) is 7.33. The Labute approximate surface area is 73.0 Å². The minimum atomic E-state index is -0.0838. The van der Waals surface area contributed by atoms with Crippen LogP contribution in [0.4, 0.5) is 0 Å². The monoisotopic (exact) mass is 168 g/mol. The van der Waals surface area contributed by atoms with E-state index in [1.54, 1.807) is 0 Å². The molecule has 2 aliphatic rings. The van der Waals surface area contributed by atoms with Gasteiger partial charge in [0.15, 0.2) is 0 Å². The van der Waals surface area contributed by atoms with E-state index >= 15 is 0 Å². The van der Waals surface area contributed by atoms with Crippen molar-refractivity contribution in [2.75, 3.05) is 0 Å². The molecule has 3 unspecified atom stereocenters. The number of hydrogen-bond acceptors (Lipinski definition) is 2. The van der Waals surface area contributed by atoms with Crippen LogP contribution in [0.3, 0.4) is 0 Å². The summed E-state index contributed by atoms with van der Waals surface area (Å²) in [5, 5.41) is 9.43. The molecule has 2 fully saturated rings. The molecule has 0 spiro atoms. The lowest BCUT2D eigenvalue weighted by atomic mass is 9.70. The Morgan fingerprint density at radius 1 is 1.17 bits per heavy atom. The highest BCUT2D eigenvalue weighted by Crippen LogP contribution is 2.39. The smallest absolute Gasteiger partial charge is 0.133 e. The van der Waals surface area contributed by atoms with Crippen molar-refractivity contribution in [1.82, 2.24) is 0 Å². The van der Waals surface area contributed by atoms with Gasteiger partial charge in [0, 0.05) is 12.8 Å². The van der Waals surface area contributed by atoms with Crippen LogP contribution in [-0.2, 0) is 4.79 Å². The maximum Gasteiger partial charge on any atom is 0.133 e. The van der Waals surface area contributed by atoms with E-state index in [0.717, 1.165) is 38.5 Å². The van der Waals surface area contributed by atoms with E-state index in [1.165, 1.54) is 0 Å². The fourth-order valence-electron chi connectivity index (χ4n) is 2.67.